The summed E-state index contributed by atoms with van der Waals surface area (Å²) in [4.78, 5) is 42.5. The topological polar surface area (TPSA) is 122 Å². The molecule has 1 aliphatic heterocycles. The van der Waals surface area contributed by atoms with E-state index in [1.54, 1.807) is 4.68 Å². The number of nitrogens with two attached hydrogens (primary N) is 1. The summed E-state index contributed by atoms with van der Waals surface area (Å²) in [5, 5.41) is 2.33. The van der Waals surface area contributed by atoms with Gasteiger partial charge >= 0.3 is 0 Å². The summed E-state index contributed by atoms with van der Waals surface area (Å²) in [5.74, 6) is 9.04. The average molecular weight is 698 g/mol. The number of amides is 2. The van der Waals surface area contributed by atoms with Crippen molar-refractivity contribution in [1.29, 1.82) is 0 Å². The number of aromatic amines is 1. The van der Waals surface area contributed by atoms with Crippen LogP contribution < -0.4 is 10.6 Å². The molecule has 50 heavy (non-hydrogen) atoms. The maximum atomic E-state index is 13.0. The van der Waals surface area contributed by atoms with Gasteiger partial charge in [-0.1, -0.05) is 57.5 Å². The second-order valence-electron chi connectivity index (χ2n) is 13.5. The maximum absolute atomic E-state index is 13.0. The monoisotopic (exact) mass is 697 g/mol. The fourth-order valence-electron chi connectivity index (χ4n) is 6.83. The molecule has 3 aromatic carbocycles. The molecular weight excluding hydrogens is 650 g/mol. The van der Waals surface area contributed by atoms with E-state index in [-0.39, 0.29) is 23.9 Å². The van der Waals surface area contributed by atoms with Crippen LogP contribution in [0.15, 0.2) is 42.5 Å². The zero-order valence-electron chi connectivity index (χ0n) is 30.0. The third kappa shape index (κ3) is 6.65. The number of imidazole rings is 2. The van der Waals surface area contributed by atoms with Crippen molar-refractivity contribution in [2.75, 3.05) is 5.84 Å². The number of nitrogens with zero attached hydrogens (tertiary/aromatic N) is 5. The highest BCUT2D eigenvalue weighted by atomic mass is 35.5. The van der Waals surface area contributed by atoms with E-state index in [4.69, 9.17) is 27.2 Å². The number of hydrogen-bond donors (Lipinski definition) is 2. The highest BCUT2D eigenvalue weighted by Gasteiger charge is 2.25. The highest BCUT2D eigenvalue weighted by Crippen LogP contribution is 2.43. The molecule has 264 valence electrons. The Labute approximate surface area is 298 Å². The van der Waals surface area contributed by atoms with E-state index in [2.05, 4.69) is 61.9 Å². The molecule has 1 aliphatic rings. The second kappa shape index (κ2) is 14.7. The van der Waals surface area contributed by atoms with Crippen LogP contribution >= 0.6 is 11.6 Å². The first-order chi connectivity index (χ1) is 24.1. The van der Waals surface area contributed by atoms with Crippen LogP contribution in [0.4, 0.5) is 0 Å². The number of hydrogen-bond acceptors (Lipinski definition) is 6. The van der Waals surface area contributed by atoms with E-state index in [1.165, 1.54) is 0 Å². The highest BCUT2D eigenvalue weighted by molar-refractivity contribution is 6.32. The van der Waals surface area contributed by atoms with Crippen molar-refractivity contribution >= 4 is 45.2 Å². The lowest BCUT2D eigenvalue weighted by Crippen LogP contribution is -2.38. The Bertz CT molecular complexity index is 2050. The van der Waals surface area contributed by atoms with Gasteiger partial charge in [-0.25, -0.2) is 14.6 Å². The number of nitrogen functional groups attached to an aromatic ring is 1. The van der Waals surface area contributed by atoms with Crippen molar-refractivity contribution in [3.63, 3.8) is 0 Å². The molecule has 3 heterocycles. The molecule has 0 saturated carbocycles. The van der Waals surface area contributed by atoms with Gasteiger partial charge in [0, 0.05) is 41.4 Å². The van der Waals surface area contributed by atoms with Crippen LogP contribution in [0.1, 0.15) is 97.3 Å². The summed E-state index contributed by atoms with van der Waals surface area (Å²) >= 11 is 6.68. The molecule has 0 spiro atoms. The van der Waals surface area contributed by atoms with E-state index < -0.39 is 0 Å². The lowest BCUT2D eigenvalue weighted by molar-refractivity contribution is -0.135. The lowest BCUT2D eigenvalue weighted by Gasteiger charge is -2.28. The average Bonchev–Trinajstić information content (AvgIpc) is 3.65. The number of rotatable bonds is 13. The largest absolute Gasteiger partial charge is 0.488 e. The Morgan fingerprint density at radius 2 is 1.60 bits per heavy atom. The zero-order valence-corrected chi connectivity index (χ0v) is 30.7. The molecule has 2 aromatic heterocycles. The number of carbonyl (C=O) groups excluding carboxylic acids is 2. The molecule has 2 atom stereocenters. The molecule has 3 N–H and O–H groups in total. The standard InChI is InChI=1S/C39H48ClN7O3/c1-7-11-35(48)45(23(5)9-3)20-33-43-37(39(40)44-33)26-13-15-28-27(17-26)22-50-32-19-29-25(18-30(28)32)14-16-31-38(29)47(41)34(42-31)21-46(24(6)10-4)36(49)12-8-2/h13-19,23-24H,7-12,20-22,41H2,1-6H3,(H,43,44)/t23-,24-/m0/s1. The van der Waals surface area contributed by atoms with E-state index in [1.807, 2.05) is 41.8 Å². The molecule has 10 nitrogen and oxygen atoms in total. The minimum atomic E-state index is 0.0825. The number of benzene rings is 3. The fraction of sp³-hybridized carbons (Fsp3) is 0.436. The van der Waals surface area contributed by atoms with Crippen molar-refractivity contribution in [3.8, 4) is 28.1 Å². The smallest absolute Gasteiger partial charge is 0.223 e. The second-order valence-corrected chi connectivity index (χ2v) is 13.8. The molecule has 0 saturated heterocycles. The van der Waals surface area contributed by atoms with Gasteiger partial charge in [-0.2, -0.15) is 0 Å². The molecule has 0 aliphatic carbocycles. The number of carbonyl (C=O) groups is 2. The van der Waals surface area contributed by atoms with Gasteiger partial charge in [-0.15, -0.1) is 0 Å². The fourth-order valence-corrected chi connectivity index (χ4v) is 7.09. The van der Waals surface area contributed by atoms with Crippen molar-refractivity contribution in [2.45, 2.75) is 112 Å². The van der Waals surface area contributed by atoms with Crippen molar-refractivity contribution in [3.05, 3.63) is 64.8 Å². The molecule has 0 bridgehead atoms. The van der Waals surface area contributed by atoms with Crippen LogP contribution in [-0.2, 0) is 29.3 Å². The first-order valence-electron chi connectivity index (χ1n) is 17.9. The molecule has 5 aromatic rings. The van der Waals surface area contributed by atoms with Gasteiger partial charge in [0.05, 0.1) is 29.8 Å². The molecule has 0 unspecified atom stereocenters. The molecule has 11 heteroatoms. The minimum absolute atomic E-state index is 0.0825. The lowest BCUT2D eigenvalue weighted by atomic mass is 9.92. The first kappa shape index (κ1) is 35.3. The van der Waals surface area contributed by atoms with Gasteiger partial charge in [0.15, 0.2) is 5.15 Å². The summed E-state index contributed by atoms with van der Waals surface area (Å²) in [6, 6.07) is 14.7. The van der Waals surface area contributed by atoms with Crippen molar-refractivity contribution in [2.24, 2.45) is 0 Å². The first-order valence-corrected chi connectivity index (χ1v) is 18.3. The van der Waals surface area contributed by atoms with Crippen molar-refractivity contribution in [1.82, 2.24) is 29.4 Å². The van der Waals surface area contributed by atoms with E-state index >= 15 is 0 Å². The summed E-state index contributed by atoms with van der Waals surface area (Å²) in [6.45, 7) is 13.5. The number of ether oxygens (including phenoxy) is 1. The van der Waals surface area contributed by atoms with E-state index in [0.29, 0.717) is 49.3 Å². The van der Waals surface area contributed by atoms with Crippen molar-refractivity contribution < 1.29 is 14.3 Å². The predicted octanol–water partition coefficient (Wildman–Crippen LogP) is 8.36. The van der Waals surface area contributed by atoms with Crippen LogP contribution in [0, 0.1) is 0 Å². The third-order valence-corrected chi connectivity index (χ3v) is 10.3. The minimum Gasteiger partial charge on any atom is -0.488 e. The number of fused-ring (bicyclic) bond motifs is 6. The van der Waals surface area contributed by atoms with E-state index in [0.717, 1.165) is 81.2 Å². The van der Waals surface area contributed by atoms with Gasteiger partial charge < -0.3 is 25.4 Å². The molecular formula is C39H48ClN7O3. The van der Waals surface area contributed by atoms with Gasteiger partial charge in [0.25, 0.3) is 0 Å². The summed E-state index contributed by atoms with van der Waals surface area (Å²) in [6.07, 6.45) is 4.31. The van der Waals surface area contributed by atoms with Gasteiger partial charge in [-0.3, -0.25) is 9.59 Å². The maximum Gasteiger partial charge on any atom is 0.223 e. The number of nitrogens with one attached hydrogen (secondary N) is 1. The Hall–Kier alpha value is -4.57. The summed E-state index contributed by atoms with van der Waals surface area (Å²) in [5.41, 5.74) is 6.33. The Kier molecular flexibility index (Phi) is 10.4. The van der Waals surface area contributed by atoms with Gasteiger partial charge in [0.2, 0.25) is 11.8 Å². The van der Waals surface area contributed by atoms with Crippen LogP contribution in [0.3, 0.4) is 0 Å². The van der Waals surface area contributed by atoms with E-state index in [9.17, 15) is 9.59 Å². The number of halogens is 1. The van der Waals surface area contributed by atoms with Crippen LogP contribution in [-0.4, -0.2) is 53.3 Å². The zero-order chi connectivity index (χ0) is 35.7. The predicted molar refractivity (Wildman–Crippen MR) is 200 cm³/mol. The van der Waals surface area contributed by atoms with Gasteiger partial charge in [0.1, 0.15) is 24.0 Å². The third-order valence-electron chi connectivity index (χ3n) is 10.1. The molecule has 6 rings (SSSR count). The Morgan fingerprint density at radius 3 is 2.26 bits per heavy atom. The normalized spacial score (nSPS) is 13.5. The van der Waals surface area contributed by atoms with Crippen LogP contribution in [0.2, 0.25) is 5.15 Å². The number of aromatic nitrogens is 4. The van der Waals surface area contributed by atoms with Gasteiger partial charge in [-0.05, 0) is 80.3 Å². The van der Waals surface area contributed by atoms with Crippen LogP contribution in [0.5, 0.6) is 5.75 Å². The molecule has 0 radical (unpaired) electrons. The SMILES string of the molecule is CCCC(=O)N(Cc1nc(Cl)c(-c2ccc3c(c2)COc2cc4c(ccc5nc(CN(C(=O)CCC)[C@@H](C)CC)n(N)c54)cc2-3)[nH]1)[C@@H](C)CC. The summed E-state index contributed by atoms with van der Waals surface area (Å²) in [7, 11) is 0. The Morgan fingerprint density at radius 1 is 0.920 bits per heavy atom. The molecule has 2 amide bonds. The van der Waals surface area contributed by atoms with Crippen LogP contribution in [0.25, 0.3) is 44.2 Å². The Balaban J connectivity index is 1.31. The molecule has 0 fully saturated rings. The quantitative estimate of drug-likeness (QED) is 0.119. The summed E-state index contributed by atoms with van der Waals surface area (Å²) < 4.78 is 7.99. The number of H-pyrrole nitrogens is 1.